The van der Waals surface area contributed by atoms with Gasteiger partial charge in [0.15, 0.2) is 17.0 Å². The van der Waals surface area contributed by atoms with Crippen LogP contribution in [0.2, 0.25) is 0 Å². The fourth-order valence-electron chi connectivity index (χ4n) is 6.03. The number of rotatable bonds is 9. The number of hydrogen-bond acceptors (Lipinski definition) is 7. The molecule has 252 valence electrons. The molecule has 0 bridgehead atoms. The fraction of sp³-hybridized carbons (Fsp3) is 0.278. The van der Waals surface area contributed by atoms with E-state index in [1.807, 2.05) is 0 Å². The van der Waals surface area contributed by atoms with Crippen molar-refractivity contribution >= 4 is 22.9 Å². The number of ether oxygens (including phenoxy) is 2. The number of amides is 2. The first-order valence-corrected chi connectivity index (χ1v) is 15.5. The quantitative estimate of drug-likeness (QED) is 0.168. The minimum absolute atomic E-state index is 0.0443. The van der Waals surface area contributed by atoms with E-state index in [1.165, 1.54) is 14.0 Å². The molecule has 2 atom stereocenters. The van der Waals surface area contributed by atoms with Crippen molar-refractivity contribution in [3.8, 4) is 22.8 Å². The van der Waals surface area contributed by atoms with Crippen molar-refractivity contribution in [3.63, 3.8) is 0 Å². The summed E-state index contributed by atoms with van der Waals surface area (Å²) in [7, 11) is 1.47. The zero-order valence-electron chi connectivity index (χ0n) is 26.4. The van der Waals surface area contributed by atoms with Crippen LogP contribution in [0.15, 0.2) is 71.1 Å². The molecule has 1 aliphatic carbocycles. The molecule has 1 saturated carbocycles. The summed E-state index contributed by atoms with van der Waals surface area (Å²) in [5.41, 5.74) is 4.96. The smallest absolute Gasteiger partial charge is 0.416 e. The lowest BCUT2D eigenvalue weighted by atomic mass is 9.81. The van der Waals surface area contributed by atoms with Crippen LogP contribution in [-0.2, 0) is 16.4 Å². The zero-order valence-corrected chi connectivity index (χ0v) is 26.4. The molecule has 0 radical (unpaired) electrons. The molecule has 3 N–H and O–H groups in total. The second kappa shape index (κ2) is 11.9. The van der Waals surface area contributed by atoms with E-state index >= 15 is 4.39 Å². The molecule has 2 aliphatic rings. The number of carbonyl (C=O) groups excluding carboxylic acids is 2. The van der Waals surface area contributed by atoms with Crippen LogP contribution in [0.25, 0.3) is 22.4 Å². The van der Waals surface area contributed by atoms with Gasteiger partial charge in [-0.25, -0.2) is 14.4 Å². The van der Waals surface area contributed by atoms with Gasteiger partial charge >= 0.3 is 6.18 Å². The van der Waals surface area contributed by atoms with Crippen molar-refractivity contribution in [3.05, 3.63) is 106 Å². The number of nitrogens with two attached hydrogens (primary N) is 1. The largest absolute Gasteiger partial charge is 0.494 e. The van der Waals surface area contributed by atoms with Gasteiger partial charge in [0.05, 0.1) is 18.4 Å². The highest BCUT2D eigenvalue weighted by Crippen LogP contribution is 2.47. The number of primary amides is 1. The van der Waals surface area contributed by atoms with Crippen LogP contribution in [0.5, 0.6) is 11.5 Å². The number of halogens is 4. The Balaban J connectivity index is 1.31. The van der Waals surface area contributed by atoms with E-state index in [4.69, 9.17) is 19.6 Å². The highest BCUT2D eigenvalue weighted by atomic mass is 19.4. The molecule has 3 aromatic carbocycles. The van der Waals surface area contributed by atoms with Gasteiger partial charge in [0, 0.05) is 35.1 Å². The summed E-state index contributed by atoms with van der Waals surface area (Å²) in [4.78, 5) is 35.6. The van der Waals surface area contributed by atoms with E-state index in [0.717, 1.165) is 12.8 Å². The fourth-order valence-corrected chi connectivity index (χ4v) is 6.03. The predicted octanol–water partition coefficient (Wildman–Crippen LogP) is 6.63. The predicted molar refractivity (Wildman–Crippen MR) is 170 cm³/mol. The topological polar surface area (TPSA) is 130 Å². The lowest BCUT2D eigenvalue weighted by Crippen LogP contribution is -2.40. The molecule has 7 rings (SSSR count). The summed E-state index contributed by atoms with van der Waals surface area (Å²) in [6.45, 7) is 1.27. The van der Waals surface area contributed by atoms with Crippen molar-refractivity contribution < 1.29 is 41.0 Å². The van der Waals surface area contributed by atoms with Crippen molar-refractivity contribution in [2.45, 2.75) is 43.2 Å². The average molecular weight is 675 g/mol. The number of benzene rings is 3. The standard InChI is InChI=1S/C36H30F4N4O5/c1-35(34(41)46)17-48-31-24(35)15-26(43-29(31)22-14-21(36(38,39)40)10-11-25(22)37)23(18-6-4-3-5-7-18)16-42-32(45)20-12-27(47-2)30-28(13-20)49-33(44-30)19-8-9-19/h3-7,10-15,19,23H,8-9,16-17H2,1-2H3,(H2,41,46)(H,42,45)/t23-,35-/m0/s1. The Morgan fingerprint density at radius 1 is 1.08 bits per heavy atom. The van der Waals surface area contributed by atoms with Gasteiger partial charge in [-0.15, -0.1) is 0 Å². The molecule has 2 aromatic heterocycles. The monoisotopic (exact) mass is 674 g/mol. The number of pyridine rings is 1. The van der Waals surface area contributed by atoms with Gasteiger partial charge in [-0.3, -0.25) is 9.59 Å². The van der Waals surface area contributed by atoms with Gasteiger partial charge in [0.2, 0.25) is 5.91 Å². The molecule has 5 aromatic rings. The molecule has 13 heteroatoms. The van der Waals surface area contributed by atoms with Crippen LogP contribution < -0.4 is 20.5 Å². The van der Waals surface area contributed by atoms with Crippen molar-refractivity contribution in [2.75, 3.05) is 20.3 Å². The maximum Gasteiger partial charge on any atom is 0.416 e. The average Bonchev–Trinajstić information content (AvgIpc) is 3.75. The van der Waals surface area contributed by atoms with E-state index in [9.17, 15) is 22.8 Å². The Morgan fingerprint density at radius 3 is 2.51 bits per heavy atom. The Labute approximate surface area is 277 Å². The number of carbonyl (C=O) groups is 2. The number of methoxy groups -OCH3 is 1. The van der Waals surface area contributed by atoms with Gasteiger partial charge in [-0.1, -0.05) is 30.3 Å². The first-order chi connectivity index (χ1) is 23.4. The highest BCUT2D eigenvalue weighted by molar-refractivity contribution is 5.99. The number of nitrogens with zero attached hydrogens (tertiary/aromatic N) is 2. The number of oxazole rings is 1. The Bertz CT molecular complexity index is 2110. The highest BCUT2D eigenvalue weighted by Gasteiger charge is 2.45. The van der Waals surface area contributed by atoms with Gasteiger partial charge in [0.1, 0.15) is 35.0 Å². The summed E-state index contributed by atoms with van der Waals surface area (Å²) in [5.74, 6) is -1.73. The maximum absolute atomic E-state index is 15.3. The minimum Gasteiger partial charge on any atom is -0.494 e. The number of hydrogen-bond donors (Lipinski definition) is 2. The molecular formula is C36H30F4N4O5. The zero-order chi connectivity index (χ0) is 34.7. The second-order valence-electron chi connectivity index (χ2n) is 12.5. The van der Waals surface area contributed by atoms with E-state index in [2.05, 4.69) is 15.3 Å². The van der Waals surface area contributed by atoms with Gasteiger partial charge < -0.3 is 24.9 Å². The molecule has 3 heterocycles. The van der Waals surface area contributed by atoms with Crippen LogP contribution >= 0.6 is 0 Å². The summed E-state index contributed by atoms with van der Waals surface area (Å²) in [6, 6.07) is 15.7. The number of alkyl halides is 3. The van der Waals surface area contributed by atoms with Gasteiger partial charge in [-0.2, -0.15) is 13.2 Å². The maximum atomic E-state index is 15.3. The molecule has 0 unspecified atom stereocenters. The first-order valence-electron chi connectivity index (χ1n) is 15.5. The van der Waals surface area contributed by atoms with Crippen molar-refractivity contribution in [1.82, 2.24) is 15.3 Å². The summed E-state index contributed by atoms with van der Waals surface area (Å²) >= 11 is 0. The third-order valence-corrected chi connectivity index (χ3v) is 9.10. The number of aromatic nitrogens is 2. The first kappa shape index (κ1) is 32.1. The Kier molecular flexibility index (Phi) is 7.80. The second-order valence-corrected chi connectivity index (χ2v) is 12.5. The van der Waals surface area contributed by atoms with Crippen molar-refractivity contribution in [2.24, 2.45) is 5.73 Å². The minimum atomic E-state index is -4.76. The molecular weight excluding hydrogens is 644 g/mol. The van der Waals surface area contributed by atoms with E-state index in [0.29, 0.717) is 46.5 Å². The molecule has 2 amide bonds. The Hall–Kier alpha value is -5.46. The number of nitrogens with one attached hydrogen (secondary N) is 1. The normalized spacial score (nSPS) is 17.8. The molecule has 1 aliphatic heterocycles. The van der Waals surface area contributed by atoms with Crippen LogP contribution in [0.1, 0.15) is 70.2 Å². The third-order valence-electron chi connectivity index (χ3n) is 9.10. The van der Waals surface area contributed by atoms with Gasteiger partial charge in [0.25, 0.3) is 5.91 Å². The summed E-state index contributed by atoms with van der Waals surface area (Å²) in [6.07, 6.45) is -2.81. The summed E-state index contributed by atoms with van der Waals surface area (Å²) < 4.78 is 73.8. The lowest BCUT2D eigenvalue weighted by Gasteiger charge is -2.23. The molecule has 1 fully saturated rings. The summed E-state index contributed by atoms with van der Waals surface area (Å²) in [5, 5.41) is 2.92. The van der Waals surface area contributed by atoms with Crippen LogP contribution in [0.4, 0.5) is 17.6 Å². The molecule has 0 spiro atoms. The molecule has 0 saturated heterocycles. The third kappa shape index (κ3) is 5.83. The number of fused-ring (bicyclic) bond motifs is 2. The van der Waals surface area contributed by atoms with Crippen LogP contribution in [-0.4, -0.2) is 42.0 Å². The van der Waals surface area contributed by atoms with Crippen LogP contribution in [0, 0.1) is 5.82 Å². The molecule has 9 nitrogen and oxygen atoms in total. The van der Waals surface area contributed by atoms with E-state index in [-0.39, 0.29) is 47.3 Å². The Morgan fingerprint density at radius 2 is 1.84 bits per heavy atom. The van der Waals surface area contributed by atoms with Crippen molar-refractivity contribution in [1.29, 1.82) is 0 Å². The molecule has 49 heavy (non-hydrogen) atoms. The van der Waals surface area contributed by atoms with E-state index in [1.54, 1.807) is 48.5 Å². The SMILES string of the molecule is COc1cc(C(=O)NC[C@@H](c2ccccc2)c2cc3c(c(-c4cc(C(F)(F)F)ccc4F)n2)OC[C@]3(C)C(N)=O)cc2oc(C3CC3)nc12. The lowest BCUT2D eigenvalue weighted by molar-refractivity contribution is -0.137. The van der Waals surface area contributed by atoms with E-state index < -0.39 is 46.3 Å². The van der Waals surface area contributed by atoms with Crippen LogP contribution in [0.3, 0.4) is 0 Å². The van der Waals surface area contributed by atoms with Gasteiger partial charge in [-0.05, 0) is 61.7 Å².